The summed E-state index contributed by atoms with van der Waals surface area (Å²) in [6.45, 7) is 6.59. The molecule has 1 amide bonds. The number of hydrogen-bond acceptors (Lipinski definition) is 4. The average Bonchev–Trinajstić information content (AvgIpc) is 3.03. The SMILES string of the molecule is COc1ccc(-c2ccc3cc(C=C4SC(=S)NC4=O)ccc3c2)cc1C(C)(C)C. The minimum atomic E-state index is -0.130. The van der Waals surface area contributed by atoms with E-state index < -0.39 is 0 Å². The van der Waals surface area contributed by atoms with E-state index in [0.29, 0.717) is 9.23 Å². The van der Waals surface area contributed by atoms with Gasteiger partial charge in [-0.05, 0) is 63.2 Å². The molecule has 0 aliphatic carbocycles. The van der Waals surface area contributed by atoms with Crippen LogP contribution in [0.25, 0.3) is 28.0 Å². The summed E-state index contributed by atoms with van der Waals surface area (Å²) in [5.74, 6) is 0.785. The third-order valence-electron chi connectivity index (χ3n) is 5.14. The Hall–Kier alpha value is -2.63. The fourth-order valence-corrected chi connectivity index (χ4v) is 4.62. The van der Waals surface area contributed by atoms with Crippen LogP contribution < -0.4 is 10.1 Å². The molecule has 5 heteroatoms. The van der Waals surface area contributed by atoms with E-state index in [1.807, 2.05) is 18.2 Å². The number of carbonyl (C=O) groups is 1. The van der Waals surface area contributed by atoms with E-state index in [0.717, 1.165) is 27.6 Å². The second kappa shape index (κ2) is 7.89. The quantitative estimate of drug-likeness (QED) is 0.388. The van der Waals surface area contributed by atoms with Gasteiger partial charge in [0.15, 0.2) is 0 Å². The van der Waals surface area contributed by atoms with Gasteiger partial charge in [0.05, 0.1) is 12.0 Å². The maximum atomic E-state index is 11.9. The zero-order chi connectivity index (χ0) is 21.5. The van der Waals surface area contributed by atoms with Crippen LogP contribution in [0, 0.1) is 0 Å². The third-order valence-corrected chi connectivity index (χ3v) is 6.31. The number of hydrogen-bond donors (Lipinski definition) is 1. The third kappa shape index (κ3) is 4.13. The smallest absolute Gasteiger partial charge is 0.263 e. The van der Waals surface area contributed by atoms with Gasteiger partial charge in [-0.15, -0.1) is 0 Å². The van der Waals surface area contributed by atoms with E-state index >= 15 is 0 Å². The van der Waals surface area contributed by atoms with Crippen LogP contribution >= 0.6 is 24.0 Å². The van der Waals surface area contributed by atoms with Crippen molar-refractivity contribution in [2.24, 2.45) is 0 Å². The van der Waals surface area contributed by atoms with Crippen molar-refractivity contribution in [2.45, 2.75) is 26.2 Å². The molecule has 3 aromatic rings. The molecule has 1 aliphatic heterocycles. The van der Waals surface area contributed by atoms with Gasteiger partial charge in [0.25, 0.3) is 5.91 Å². The average molecular weight is 434 g/mol. The first kappa shape index (κ1) is 20.6. The molecule has 30 heavy (non-hydrogen) atoms. The van der Waals surface area contributed by atoms with Crippen LogP contribution in [0.3, 0.4) is 0 Å². The summed E-state index contributed by atoms with van der Waals surface area (Å²) in [5.41, 5.74) is 4.50. The predicted octanol–water partition coefficient (Wildman–Crippen LogP) is 6.30. The highest BCUT2D eigenvalue weighted by Crippen LogP contribution is 2.36. The normalized spacial score (nSPS) is 15.7. The summed E-state index contributed by atoms with van der Waals surface area (Å²) in [4.78, 5) is 12.5. The molecule has 3 aromatic carbocycles. The van der Waals surface area contributed by atoms with Crippen LogP contribution in [-0.4, -0.2) is 17.3 Å². The maximum absolute atomic E-state index is 11.9. The molecule has 0 bridgehead atoms. The van der Waals surface area contributed by atoms with Crippen LogP contribution in [0.15, 0.2) is 59.5 Å². The lowest BCUT2D eigenvalue weighted by molar-refractivity contribution is -0.115. The molecule has 1 heterocycles. The second-order valence-corrected chi connectivity index (χ2v) is 10.1. The minimum Gasteiger partial charge on any atom is -0.496 e. The Morgan fingerprint density at radius 1 is 0.967 bits per heavy atom. The topological polar surface area (TPSA) is 38.3 Å². The molecule has 152 valence electrons. The summed E-state index contributed by atoms with van der Waals surface area (Å²) < 4.78 is 6.08. The summed E-state index contributed by atoms with van der Waals surface area (Å²) in [6, 6.07) is 19.1. The highest BCUT2D eigenvalue weighted by molar-refractivity contribution is 8.26. The Bertz CT molecular complexity index is 1210. The second-order valence-electron chi connectivity index (χ2n) is 8.34. The Kier molecular flexibility index (Phi) is 5.43. The van der Waals surface area contributed by atoms with Gasteiger partial charge in [0, 0.05) is 5.56 Å². The van der Waals surface area contributed by atoms with Crippen molar-refractivity contribution >= 4 is 51.1 Å². The standard InChI is InChI=1S/C25H23NO2S2/c1-25(2,3)20-14-19(9-10-21(20)28-4)18-8-7-16-11-15(5-6-17(16)13-18)12-22-23(27)26-24(29)30-22/h5-14H,1-4H3,(H,26,27,29). The zero-order valence-electron chi connectivity index (χ0n) is 17.4. The molecule has 4 rings (SSSR count). The van der Waals surface area contributed by atoms with E-state index in [4.69, 9.17) is 17.0 Å². The van der Waals surface area contributed by atoms with Crippen molar-refractivity contribution in [3.05, 3.63) is 70.6 Å². The molecule has 0 saturated carbocycles. The van der Waals surface area contributed by atoms with Crippen molar-refractivity contribution in [2.75, 3.05) is 7.11 Å². The number of methoxy groups -OCH3 is 1. The fourth-order valence-electron chi connectivity index (χ4n) is 3.58. The Morgan fingerprint density at radius 3 is 2.30 bits per heavy atom. The lowest BCUT2D eigenvalue weighted by atomic mass is 9.84. The first-order chi connectivity index (χ1) is 14.2. The molecule has 0 radical (unpaired) electrons. The number of amides is 1. The van der Waals surface area contributed by atoms with Gasteiger partial charge in [-0.3, -0.25) is 4.79 Å². The predicted molar refractivity (Wildman–Crippen MR) is 131 cm³/mol. The van der Waals surface area contributed by atoms with E-state index in [1.165, 1.54) is 22.9 Å². The molecular formula is C25H23NO2S2. The molecule has 0 spiro atoms. The van der Waals surface area contributed by atoms with E-state index in [2.05, 4.69) is 68.6 Å². The van der Waals surface area contributed by atoms with Crippen molar-refractivity contribution in [3.8, 4) is 16.9 Å². The van der Waals surface area contributed by atoms with Gasteiger partial charge in [0.1, 0.15) is 10.1 Å². The van der Waals surface area contributed by atoms with Crippen LogP contribution in [0.2, 0.25) is 0 Å². The van der Waals surface area contributed by atoms with Crippen molar-refractivity contribution in [3.63, 3.8) is 0 Å². The molecule has 1 saturated heterocycles. The number of ether oxygens (including phenoxy) is 1. The number of benzene rings is 3. The molecule has 1 N–H and O–H groups in total. The van der Waals surface area contributed by atoms with Crippen LogP contribution in [0.1, 0.15) is 31.9 Å². The van der Waals surface area contributed by atoms with Gasteiger partial charge in [-0.25, -0.2) is 0 Å². The summed E-state index contributed by atoms with van der Waals surface area (Å²) >= 11 is 6.36. The highest BCUT2D eigenvalue weighted by atomic mass is 32.2. The van der Waals surface area contributed by atoms with Gasteiger partial charge < -0.3 is 10.1 Å². The van der Waals surface area contributed by atoms with E-state index in [-0.39, 0.29) is 11.3 Å². The van der Waals surface area contributed by atoms with Crippen LogP contribution in [0.5, 0.6) is 5.75 Å². The Labute approximate surface area is 186 Å². The maximum Gasteiger partial charge on any atom is 0.263 e. The number of thiocarbonyl (C=S) groups is 1. The molecule has 1 fully saturated rings. The van der Waals surface area contributed by atoms with Gasteiger partial charge in [-0.2, -0.15) is 0 Å². The molecule has 1 aliphatic rings. The van der Waals surface area contributed by atoms with Gasteiger partial charge in [-0.1, -0.05) is 75.1 Å². The molecule has 0 aromatic heterocycles. The number of nitrogens with one attached hydrogen (secondary N) is 1. The fraction of sp³-hybridized carbons (Fsp3) is 0.200. The number of rotatable bonds is 3. The van der Waals surface area contributed by atoms with E-state index in [1.54, 1.807) is 7.11 Å². The lowest BCUT2D eigenvalue weighted by Crippen LogP contribution is -2.17. The summed E-state index contributed by atoms with van der Waals surface area (Å²) in [5, 5.41) is 4.93. The molecular weight excluding hydrogens is 410 g/mol. The van der Waals surface area contributed by atoms with Crippen LogP contribution in [-0.2, 0) is 10.2 Å². The Balaban J connectivity index is 1.70. The number of fused-ring (bicyclic) bond motifs is 1. The molecule has 0 unspecified atom stereocenters. The van der Waals surface area contributed by atoms with Gasteiger partial charge >= 0.3 is 0 Å². The Morgan fingerprint density at radius 2 is 1.63 bits per heavy atom. The first-order valence-corrected chi connectivity index (χ1v) is 10.9. The summed E-state index contributed by atoms with van der Waals surface area (Å²) in [6.07, 6.45) is 1.88. The van der Waals surface area contributed by atoms with Crippen molar-refractivity contribution in [1.29, 1.82) is 0 Å². The van der Waals surface area contributed by atoms with Gasteiger partial charge in [0.2, 0.25) is 0 Å². The monoisotopic (exact) mass is 433 g/mol. The largest absolute Gasteiger partial charge is 0.496 e. The molecule has 0 atom stereocenters. The van der Waals surface area contributed by atoms with Crippen molar-refractivity contribution < 1.29 is 9.53 Å². The minimum absolute atomic E-state index is 0.00649. The number of carbonyl (C=O) groups excluding carboxylic acids is 1. The summed E-state index contributed by atoms with van der Waals surface area (Å²) in [7, 11) is 1.72. The zero-order valence-corrected chi connectivity index (χ0v) is 19.0. The van der Waals surface area contributed by atoms with E-state index in [9.17, 15) is 4.79 Å². The lowest BCUT2D eigenvalue weighted by Gasteiger charge is -2.23. The van der Waals surface area contributed by atoms with Crippen molar-refractivity contribution in [1.82, 2.24) is 5.32 Å². The van der Waals surface area contributed by atoms with Crippen LogP contribution in [0.4, 0.5) is 0 Å². The molecule has 3 nitrogen and oxygen atoms in total. The number of thioether (sulfide) groups is 1. The first-order valence-electron chi connectivity index (χ1n) is 9.72. The highest BCUT2D eigenvalue weighted by Gasteiger charge is 2.22.